The first-order valence-electron chi connectivity index (χ1n) is 5.23. The molecule has 0 aliphatic rings. The van der Waals surface area contributed by atoms with E-state index in [1.165, 1.54) is 0 Å². The van der Waals surface area contributed by atoms with Gasteiger partial charge in [-0.15, -0.1) is 0 Å². The zero-order valence-corrected chi connectivity index (χ0v) is 10.3. The lowest BCUT2D eigenvalue weighted by Crippen LogP contribution is -2.13. The van der Waals surface area contributed by atoms with E-state index in [1.807, 2.05) is 35.0 Å². The number of hydrogen-bond donors (Lipinski definition) is 1. The summed E-state index contributed by atoms with van der Waals surface area (Å²) >= 11 is 1.59. The van der Waals surface area contributed by atoms with Gasteiger partial charge in [-0.05, 0) is 34.5 Å². The van der Waals surface area contributed by atoms with Crippen LogP contribution in [-0.2, 0) is 11.2 Å². The summed E-state index contributed by atoms with van der Waals surface area (Å²) < 4.78 is 5.09. The molecule has 0 unspecified atom stereocenters. The lowest BCUT2D eigenvalue weighted by Gasteiger charge is -2.06. The van der Waals surface area contributed by atoms with Gasteiger partial charge in [0.05, 0.1) is 13.5 Å². The van der Waals surface area contributed by atoms with Crippen molar-refractivity contribution in [2.75, 3.05) is 12.4 Å². The van der Waals surface area contributed by atoms with Crippen molar-refractivity contribution in [3.8, 4) is 5.75 Å². The summed E-state index contributed by atoms with van der Waals surface area (Å²) in [5, 5.41) is 6.78. The standard InChI is InChI=1S/C13H13NO2S/c1-16-12-4-2-3-11(8-12)14-13(15)7-10-5-6-17-9-10/h2-6,8-9H,7H2,1H3,(H,14,15). The van der Waals surface area contributed by atoms with E-state index in [0.29, 0.717) is 6.42 Å². The van der Waals surface area contributed by atoms with Crippen LogP contribution in [0.1, 0.15) is 5.56 Å². The van der Waals surface area contributed by atoms with E-state index in [4.69, 9.17) is 4.74 Å². The van der Waals surface area contributed by atoms with Gasteiger partial charge in [0.25, 0.3) is 0 Å². The summed E-state index contributed by atoms with van der Waals surface area (Å²) in [7, 11) is 1.60. The number of benzene rings is 1. The van der Waals surface area contributed by atoms with E-state index >= 15 is 0 Å². The molecule has 3 nitrogen and oxygen atoms in total. The summed E-state index contributed by atoms with van der Waals surface area (Å²) in [6, 6.07) is 9.28. The summed E-state index contributed by atoms with van der Waals surface area (Å²) in [6.45, 7) is 0. The lowest BCUT2D eigenvalue weighted by atomic mass is 10.2. The van der Waals surface area contributed by atoms with Crippen molar-refractivity contribution in [1.82, 2.24) is 0 Å². The number of methoxy groups -OCH3 is 1. The van der Waals surface area contributed by atoms with Crippen LogP contribution in [0, 0.1) is 0 Å². The van der Waals surface area contributed by atoms with Crippen LogP contribution >= 0.6 is 11.3 Å². The van der Waals surface area contributed by atoms with Crippen LogP contribution in [-0.4, -0.2) is 13.0 Å². The highest BCUT2D eigenvalue weighted by Gasteiger charge is 2.04. The van der Waals surface area contributed by atoms with Crippen molar-refractivity contribution in [3.63, 3.8) is 0 Å². The van der Waals surface area contributed by atoms with Crippen molar-refractivity contribution >= 4 is 22.9 Å². The van der Waals surface area contributed by atoms with Gasteiger partial charge in [0.15, 0.2) is 0 Å². The van der Waals surface area contributed by atoms with Gasteiger partial charge >= 0.3 is 0 Å². The van der Waals surface area contributed by atoms with Crippen molar-refractivity contribution in [3.05, 3.63) is 46.7 Å². The number of hydrogen-bond acceptors (Lipinski definition) is 3. The number of anilines is 1. The maximum absolute atomic E-state index is 11.7. The van der Waals surface area contributed by atoms with Crippen LogP contribution in [0.2, 0.25) is 0 Å². The van der Waals surface area contributed by atoms with Crippen molar-refractivity contribution in [2.45, 2.75) is 6.42 Å². The molecule has 88 valence electrons. The molecule has 0 bridgehead atoms. The van der Waals surface area contributed by atoms with Gasteiger partial charge in [0.1, 0.15) is 5.75 Å². The summed E-state index contributed by atoms with van der Waals surface area (Å²) in [5.41, 5.74) is 1.79. The molecule has 0 aliphatic heterocycles. The second kappa shape index (κ2) is 5.50. The third-order valence-corrected chi connectivity index (χ3v) is 3.03. The molecule has 0 fully saturated rings. The lowest BCUT2D eigenvalue weighted by molar-refractivity contribution is -0.115. The first-order valence-corrected chi connectivity index (χ1v) is 6.17. The van der Waals surface area contributed by atoms with Gasteiger partial charge in [-0.2, -0.15) is 11.3 Å². The Labute approximate surface area is 104 Å². The van der Waals surface area contributed by atoms with Crippen LogP contribution in [0.5, 0.6) is 5.75 Å². The molecule has 0 radical (unpaired) electrons. The molecule has 2 rings (SSSR count). The SMILES string of the molecule is COc1cccc(NC(=O)Cc2ccsc2)c1. The maximum atomic E-state index is 11.7. The fourth-order valence-electron chi connectivity index (χ4n) is 1.48. The Kier molecular flexibility index (Phi) is 3.77. The normalized spacial score (nSPS) is 9.94. The molecule has 0 saturated carbocycles. The number of carbonyl (C=O) groups excluding carboxylic acids is 1. The van der Waals surface area contributed by atoms with Crippen LogP contribution in [0.4, 0.5) is 5.69 Å². The predicted octanol–water partition coefficient (Wildman–Crippen LogP) is 2.94. The fourth-order valence-corrected chi connectivity index (χ4v) is 2.15. The smallest absolute Gasteiger partial charge is 0.228 e. The average molecular weight is 247 g/mol. The Morgan fingerprint density at radius 3 is 3.00 bits per heavy atom. The van der Waals surface area contributed by atoms with Gasteiger partial charge in [-0.25, -0.2) is 0 Å². The monoisotopic (exact) mass is 247 g/mol. The highest BCUT2D eigenvalue weighted by atomic mass is 32.1. The summed E-state index contributed by atoms with van der Waals surface area (Å²) in [4.78, 5) is 11.7. The topological polar surface area (TPSA) is 38.3 Å². The molecule has 1 amide bonds. The minimum atomic E-state index is -0.0170. The molecule has 0 saturated heterocycles. The van der Waals surface area contributed by atoms with Crippen molar-refractivity contribution in [2.24, 2.45) is 0 Å². The van der Waals surface area contributed by atoms with E-state index < -0.39 is 0 Å². The summed E-state index contributed by atoms with van der Waals surface area (Å²) in [6.07, 6.45) is 0.403. The Bertz CT molecular complexity index is 494. The molecule has 1 N–H and O–H groups in total. The Hall–Kier alpha value is -1.81. The zero-order valence-electron chi connectivity index (χ0n) is 9.47. The highest BCUT2D eigenvalue weighted by Crippen LogP contribution is 2.17. The number of amides is 1. The molecule has 1 heterocycles. The third kappa shape index (κ3) is 3.32. The molecule has 2 aromatic rings. The van der Waals surface area contributed by atoms with Crippen molar-refractivity contribution in [1.29, 1.82) is 0 Å². The first-order chi connectivity index (χ1) is 8.28. The molecule has 1 aromatic heterocycles. The predicted molar refractivity (Wildman–Crippen MR) is 69.6 cm³/mol. The van der Waals surface area contributed by atoms with Crippen LogP contribution in [0.15, 0.2) is 41.1 Å². The summed E-state index contributed by atoms with van der Waals surface area (Å²) in [5.74, 6) is 0.718. The number of thiophene rings is 1. The number of nitrogens with one attached hydrogen (secondary N) is 1. The van der Waals surface area contributed by atoms with Gasteiger partial charge in [0, 0.05) is 11.8 Å². The third-order valence-electron chi connectivity index (χ3n) is 2.30. The van der Waals surface area contributed by atoms with E-state index in [1.54, 1.807) is 24.5 Å². The Balaban J connectivity index is 1.98. The van der Waals surface area contributed by atoms with E-state index in [-0.39, 0.29) is 5.91 Å². The van der Waals surface area contributed by atoms with E-state index in [2.05, 4.69) is 5.32 Å². The van der Waals surface area contributed by atoms with Gasteiger partial charge in [-0.1, -0.05) is 6.07 Å². The quantitative estimate of drug-likeness (QED) is 0.902. The molecular weight excluding hydrogens is 234 g/mol. The fraction of sp³-hybridized carbons (Fsp3) is 0.154. The number of carbonyl (C=O) groups is 1. The molecule has 0 aliphatic carbocycles. The highest BCUT2D eigenvalue weighted by molar-refractivity contribution is 7.08. The minimum Gasteiger partial charge on any atom is -0.497 e. The van der Waals surface area contributed by atoms with Crippen LogP contribution in [0.3, 0.4) is 0 Å². The first kappa shape index (κ1) is 11.7. The average Bonchev–Trinajstić information content (AvgIpc) is 2.82. The van der Waals surface area contributed by atoms with Crippen molar-refractivity contribution < 1.29 is 9.53 Å². The van der Waals surface area contributed by atoms with E-state index in [0.717, 1.165) is 17.0 Å². The molecule has 0 atom stereocenters. The maximum Gasteiger partial charge on any atom is 0.228 e. The number of rotatable bonds is 4. The minimum absolute atomic E-state index is 0.0170. The van der Waals surface area contributed by atoms with Gasteiger partial charge < -0.3 is 10.1 Å². The van der Waals surface area contributed by atoms with Crippen LogP contribution < -0.4 is 10.1 Å². The molecule has 4 heteroatoms. The van der Waals surface area contributed by atoms with E-state index in [9.17, 15) is 4.79 Å². The second-order valence-electron chi connectivity index (χ2n) is 3.59. The van der Waals surface area contributed by atoms with Crippen LogP contribution in [0.25, 0.3) is 0 Å². The van der Waals surface area contributed by atoms with Gasteiger partial charge in [0.2, 0.25) is 5.91 Å². The zero-order chi connectivity index (χ0) is 12.1. The molecule has 17 heavy (non-hydrogen) atoms. The Morgan fingerprint density at radius 2 is 2.29 bits per heavy atom. The van der Waals surface area contributed by atoms with Gasteiger partial charge in [-0.3, -0.25) is 4.79 Å². The molecule has 0 spiro atoms. The molecular formula is C13H13NO2S. The second-order valence-corrected chi connectivity index (χ2v) is 4.37. The largest absolute Gasteiger partial charge is 0.497 e. The number of ether oxygens (including phenoxy) is 1. The molecule has 1 aromatic carbocycles. The Morgan fingerprint density at radius 1 is 1.41 bits per heavy atom.